The molecule has 0 atom stereocenters. The first-order chi connectivity index (χ1) is 11.6. The SMILES string of the molecule is Cc1ccccc1CCNC(=O)c1ccc(N2CCCC2=O)cc1. The number of benzene rings is 2. The number of carbonyl (C=O) groups excluding carboxylic acids is 2. The molecule has 0 unspecified atom stereocenters. The van der Waals surface area contributed by atoms with Gasteiger partial charge in [0, 0.05) is 30.8 Å². The molecule has 24 heavy (non-hydrogen) atoms. The van der Waals surface area contributed by atoms with E-state index in [0.29, 0.717) is 18.5 Å². The molecule has 1 heterocycles. The van der Waals surface area contributed by atoms with E-state index in [-0.39, 0.29) is 11.8 Å². The highest BCUT2D eigenvalue weighted by atomic mass is 16.2. The third kappa shape index (κ3) is 3.65. The summed E-state index contributed by atoms with van der Waals surface area (Å²) in [6.07, 6.45) is 2.33. The van der Waals surface area contributed by atoms with E-state index < -0.39 is 0 Å². The van der Waals surface area contributed by atoms with Crippen molar-refractivity contribution in [1.29, 1.82) is 0 Å². The van der Waals surface area contributed by atoms with Gasteiger partial charge < -0.3 is 10.2 Å². The Morgan fingerprint density at radius 2 is 1.88 bits per heavy atom. The fraction of sp³-hybridized carbons (Fsp3) is 0.300. The van der Waals surface area contributed by atoms with Gasteiger partial charge in [-0.25, -0.2) is 0 Å². The first-order valence-electron chi connectivity index (χ1n) is 8.38. The van der Waals surface area contributed by atoms with Crippen molar-refractivity contribution in [1.82, 2.24) is 5.32 Å². The van der Waals surface area contributed by atoms with Gasteiger partial charge in [-0.2, -0.15) is 0 Å². The molecule has 0 spiro atoms. The molecule has 2 aromatic rings. The van der Waals surface area contributed by atoms with Crippen molar-refractivity contribution in [2.75, 3.05) is 18.0 Å². The molecule has 1 aliphatic heterocycles. The minimum Gasteiger partial charge on any atom is -0.352 e. The minimum atomic E-state index is -0.0807. The molecule has 4 nitrogen and oxygen atoms in total. The molecular formula is C20H22N2O2. The summed E-state index contributed by atoms with van der Waals surface area (Å²) >= 11 is 0. The van der Waals surface area contributed by atoms with Crippen LogP contribution in [-0.4, -0.2) is 24.9 Å². The zero-order chi connectivity index (χ0) is 16.9. The van der Waals surface area contributed by atoms with Crippen LogP contribution in [0, 0.1) is 6.92 Å². The van der Waals surface area contributed by atoms with Crippen LogP contribution < -0.4 is 10.2 Å². The highest BCUT2D eigenvalue weighted by Crippen LogP contribution is 2.21. The lowest BCUT2D eigenvalue weighted by Crippen LogP contribution is -2.26. The number of amides is 2. The molecule has 0 radical (unpaired) electrons. The summed E-state index contributed by atoms with van der Waals surface area (Å²) in [7, 11) is 0. The Morgan fingerprint density at radius 1 is 1.12 bits per heavy atom. The summed E-state index contributed by atoms with van der Waals surface area (Å²) in [5.41, 5.74) is 3.98. The zero-order valence-electron chi connectivity index (χ0n) is 13.9. The number of anilines is 1. The fourth-order valence-corrected chi connectivity index (χ4v) is 3.02. The maximum absolute atomic E-state index is 12.2. The van der Waals surface area contributed by atoms with E-state index in [4.69, 9.17) is 0 Å². The molecule has 4 heteroatoms. The van der Waals surface area contributed by atoms with Crippen LogP contribution in [-0.2, 0) is 11.2 Å². The highest BCUT2D eigenvalue weighted by Gasteiger charge is 2.21. The second-order valence-electron chi connectivity index (χ2n) is 6.13. The van der Waals surface area contributed by atoms with E-state index in [9.17, 15) is 9.59 Å². The number of aryl methyl sites for hydroxylation is 1. The van der Waals surface area contributed by atoms with Gasteiger partial charge in [0.05, 0.1) is 0 Å². The Morgan fingerprint density at radius 3 is 2.54 bits per heavy atom. The van der Waals surface area contributed by atoms with Gasteiger partial charge in [0.25, 0.3) is 5.91 Å². The summed E-state index contributed by atoms with van der Waals surface area (Å²) in [5, 5.41) is 2.95. The number of hydrogen-bond donors (Lipinski definition) is 1. The molecule has 2 aromatic carbocycles. The lowest BCUT2D eigenvalue weighted by atomic mass is 10.1. The summed E-state index contributed by atoms with van der Waals surface area (Å²) in [4.78, 5) is 25.7. The molecule has 2 amide bonds. The van der Waals surface area contributed by atoms with Crippen LogP contribution in [0.5, 0.6) is 0 Å². The fourth-order valence-electron chi connectivity index (χ4n) is 3.02. The van der Waals surface area contributed by atoms with Gasteiger partial charge >= 0.3 is 0 Å². The van der Waals surface area contributed by atoms with Crippen LogP contribution in [0.3, 0.4) is 0 Å². The van der Waals surface area contributed by atoms with Gasteiger partial charge in [-0.15, -0.1) is 0 Å². The average molecular weight is 322 g/mol. The zero-order valence-corrected chi connectivity index (χ0v) is 13.9. The van der Waals surface area contributed by atoms with Gasteiger partial charge in [-0.1, -0.05) is 24.3 Å². The first kappa shape index (κ1) is 16.2. The van der Waals surface area contributed by atoms with E-state index in [1.807, 2.05) is 24.3 Å². The third-order valence-corrected chi connectivity index (χ3v) is 4.46. The van der Waals surface area contributed by atoms with Crippen LogP contribution in [0.25, 0.3) is 0 Å². The predicted octanol–water partition coefficient (Wildman–Crippen LogP) is 3.09. The highest BCUT2D eigenvalue weighted by molar-refractivity contribution is 5.97. The van der Waals surface area contributed by atoms with Crippen LogP contribution in [0.15, 0.2) is 48.5 Å². The molecule has 124 valence electrons. The maximum atomic E-state index is 12.2. The summed E-state index contributed by atoms with van der Waals surface area (Å²) in [5.74, 6) is 0.0771. The van der Waals surface area contributed by atoms with Gasteiger partial charge in [-0.3, -0.25) is 9.59 Å². The van der Waals surface area contributed by atoms with Crippen molar-refractivity contribution >= 4 is 17.5 Å². The van der Waals surface area contributed by atoms with E-state index in [1.54, 1.807) is 17.0 Å². The summed E-state index contributed by atoms with van der Waals surface area (Å²) in [6.45, 7) is 3.45. The topological polar surface area (TPSA) is 49.4 Å². The Bertz CT molecular complexity index is 738. The summed E-state index contributed by atoms with van der Waals surface area (Å²) in [6, 6.07) is 15.5. The van der Waals surface area contributed by atoms with Crippen LogP contribution in [0.1, 0.15) is 34.3 Å². The van der Waals surface area contributed by atoms with Crippen LogP contribution in [0.2, 0.25) is 0 Å². The van der Waals surface area contributed by atoms with Gasteiger partial charge in [0.15, 0.2) is 0 Å². The number of nitrogens with one attached hydrogen (secondary N) is 1. The van der Waals surface area contributed by atoms with Crippen molar-refractivity contribution in [3.8, 4) is 0 Å². The third-order valence-electron chi connectivity index (χ3n) is 4.46. The van der Waals surface area contributed by atoms with Crippen molar-refractivity contribution in [3.05, 3.63) is 65.2 Å². The molecule has 1 saturated heterocycles. The molecular weight excluding hydrogens is 300 g/mol. The van der Waals surface area contributed by atoms with Crippen molar-refractivity contribution in [2.45, 2.75) is 26.2 Å². The predicted molar refractivity (Wildman–Crippen MR) is 95.2 cm³/mol. The maximum Gasteiger partial charge on any atom is 0.251 e. The van der Waals surface area contributed by atoms with Gasteiger partial charge in [0.1, 0.15) is 0 Å². The van der Waals surface area contributed by atoms with Crippen LogP contribution >= 0.6 is 0 Å². The molecule has 3 rings (SSSR count). The molecule has 0 saturated carbocycles. The number of nitrogens with zero attached hydrogens (tertiary/aromatic N) is 1. The van der Waals surface area contributed by atoms with Crippen molar-refractivity contribution in [3.63, 3.8) is 0 Å². The lowest BCUT2D eigenvalue weighted by molar-refractivity contribution is -0.117. The van der Waals surface area contributed by atoms with Gasteiger partial charge in [0.2, 0.25) is 5.91 Å². The average Bonchev–Trinajstić information content (AvgIpc) is 3.03. The Labute approximate surface area is 142 Å². The van der Waals surface area contributed by atoms with Crippen LogP contribution in [0.4, 0.5) is 5.69 Å². The monoisotopic (exact) mass is 322 g/mol. The summed E-state index contributed by atoms with van der Waals surface area (Å²) < 4.78 is 0. The first-order valence-corrected chi connectivity index (χ1v) is 8.38. The Kier molecular flexibility index (Phi) is 4.94. The number of carbonyl (C=O) groups is 2. The molecule has 1 N–H and O–H groups in total. The Hall–Kier alpha value is -2.62. The van der Waals surface area contributed by atoms with E-state index in [2.05, 4.69) is 24.4 Å². The van der Waals surface area contributed by atoms with E-state index >= 15 is 0 Å². The van der Waals surface area contributed by atoms with Crippen molar-refractivity contribution in [2.24, 2.45) is 0 Å². The lowest BCUT2D eigenvalue weighted by Gasteiger charge is -2.15. The normalized spacial score (nSPS) is 14.0. The largest absolute Gasteiger partial charge is 0.352 e. The van der Waals surface area contributed by atoms with E-state index in [1.165, 1.54) is 11.1 Å². The second kappa shape index (κ2) is 7.30. The van der Waals surface area contributed by atoms with Gasteiger partial charge in [-0.05, 0) is 55.2 Å². The smallest absolute Gasteiger partial charge is 0.251 e. The quantitative estimate of drug-likeness (QED) is 0.919. The minimum absolute atomic E-state index is 0.0807. The Balaban J connectivity index is 1.55. The number of hydrogen-bond acceptors (Lipinski definition) is 2. The van der Waals surface area contributed by atoms with Crippen molar-refractivity contribution < 1.29 is 9.59 Å². The molecule has 0 bridgehead atoms. The molecule has 1 fully saturated rings. The molecule has 1 aliphatic rings. The standard InChI is InChI=1S/C20H22N2O2/c1-15-5-2-3-6-16(15)12-13-21-20(24)17-8-10-18(11-9-17)22-14-4-7-19(22)23/h2-3,5-6,8-11H,4,7,12-14H2,1H3,(H,21,24). The molecule has 0 aliphatic carbocycles. The van der Waals surface area contributed by atoms with E-state index in [0.717, 1.165) is 25.1 Å². The molecule has 0 aromatic heterocycles. The number of rotatable bonds is 5. The second-order valence-corrected chi connectivity index (χ2v) is 6.13.